The molecule has 1 rings (SSSR count). The summed E-state index contributed by atoms with van der Waals surface area (Å²) < 4.78 is 0. The van der Waals surface area contributed by atoms with Crippen molar-refractivity contribution in [1.82, 2.24) is 5.32 Å². The highest BCUT2D eigenvalue weighted by Gasteiger charge is 1.87. The van der Waals surface area contributed by atoms with Crippen LogP contribution < -0.4 is 5.32 Å². The van der Waals surface area contributed by atoms with Crippen LogP contribution in [-0.2, 0) is 0 Å². The zero-order valence-corrected chi connectivity index (χ0v) is 6.14. The standard InChI is InChI=1S/C9H13N/c1-9-7-5-3-2-4-6-8-10-9/h2-3,5,7,10H,1,4,6,8H2/b3-2-,7-5-. The van der Waals surface area contributed by atoms with E-state index in [4.69, 9.17) is 0 Å². The number of hydrogen-bond acceptors (Lipinski definition) is 1. The maximum absolute atomic E-state index is 3.83. The summed E-state index contributed by atoms with van der Waals surface area (Å²) in [5.74, 6) is 0. The molecule has 0 unspecified atom stereocenters. The molecule has 0 saturated carbocycles. The number of rotatable bonds is 0. The second-order valence-corrected chi connectivity index (χ2v) is 2.38. The Hall–Kier alpha value is -0.980. The fraction of sp³-hybridized carbons (Fsp3) is 0.333. The molecule has 1 nitrogen and oxygen atoms in total. The fourth-order valence-corrected chi connectivity index (χ4v) is 0.874. The Morgan fingerprint density at radius 2 is 2.30 bits per heavy atom. The lowest BCUT2D eigenvalue weighted by Crippen LogP contribution is -2.11. The van der Waals surface area contributed by atoms with E-state index in [0.717, 1.165) is 18.7 Å². The Bertz CT molecular complexity index is 166. The van der Waals surface area contributed by atoms with Crippen LogP contribution in [0, 0.1) is 0 Å². The summed E-state index contributed by atoms with van der Waals surface area (Å²) in [6.07, 6.45) is 10.6. The molecule has 0 amide bonds. The van der Waals surface area contributed by atoms with E-state index in [9.17, 15) is 0 Å². The Kier molecular flexibility index (Phi) is 2.81. The van der Waals surface area contributed by atoms with E-state index in [0.29, 0.717) is 0 Å². The third-order valence-electron chi connectivity index (χ3n) is 1.44. The molecule has 0 aromatic rings. The molecule has 0 radical (unpaired) electrons. The quantitative estimate of drug-likeness (QED) is 0.535. The van der Waals surface area contributed by atoms with Gasteiger partial charge in [-0.1, -0.05) is 24.8 Å². The molecule has 0 bridgehead atoms. The molecule has 0 saturated heterocycles. The molecule has 0 aromatic carbocycles. The molecule has 10 heavy (non-hydrogen) atoms. The third-order valence-corrected chi connectivity index (χ3v) is 1.44. The Morgan fingerprint density at radius 3 is 3.20 bits per heavy atom. The molecule has 0 aromatic heterocycles. The van der Waals surface area contributed by atoms with Gasteiger partial charge in [0.15, 0.2) is 0 Å². The molecule has 1 heteroatoms. The molecule has 0 spiro atoms. The van der Waals surface area contributed by atoms with E-state index < -0.39 is 0 Å². The van der Waals surface area contributed by atoms with Gasteiger partial charge >= 0.3 is 0 Å². The largest absolute Gasteiger partial charge is 0.386 e. The molecule has 1 aliphatic rings. The summed E-state index contributed by atoms with van der Waals surface area (Å²) in [5, 5.41) is 3.20. The minimum atomic E-state index is 1.01. The van der Waals surface area contributed by atoms with Gasteiger partial charge in [0.2, 0.25) is 0 Å². The highest BCUT2D eigenvalue weighted by atomic mass is 14.9. The number of allylic oxidation sites excluding steroid dienone is 4. The van der Waals surface area contributed by atoms with Gasteiger partial charge in [0, 0.05) is 12.2 Å². The second kappa shape index (κ2) is 3.94. The van der Waals surface area contributed by atoms with Gasteiger partial charge in [0.25, 0.3) is 0 Å². The number of nitrogens with one attached hydrogen (secondary N) is 1. The molecular formula is C9H13N. The van der Waals surface area contributed by atoms with Crippen LogP contribution in [0.15, 0.2) is 36.6 Å². The summed E-state index contributed by atoms with van der Waals surface area (Å²) in [7, 11) is 0. The van der Waals surface area contributed by atoms with Crippen LogP contribution in [0.2, 0.25) is 0 Å². The van der Waals surface area contributed by atoms with Gasteiger partial charge in [-0.25, -0.2) is 0 Å². The third kappa shape index (κ3) is 2.53. The Labute approximate surface area is 62.1 Å². The highest BCUT2D eigenvalue weighted by molar-refractivity contribution is 5.18. The van der Waals surface area contributed by atoms with Gasteiger partial charge in [-0.3, -0.25) is 0 Å². The van der Waals surface area contributed by atoms with E-state index in [2.05, 4.69) is 24.0 Å². The zero-order chi connectivity index (χ0) is 7.23. The monoisotopic (exact) mass is 135 g/mol. The van der Waals surface area contributed by atoms with E-state index in [1.165, 1.54) is 6.42 Å². The molecule has 1 heterocycles. The minimum absolute atomic E-state index is 1.01. The maximum Gasteiger partial charge on any atom is 0.0267 e. The average molecular weight is 135 g/mol. The summed E-state index contributed by atoms with van der Waals surface area (Å²) in [6.45, 7) is 4.86. The van der Waals surface area contributed by atoms with E-state index in [1.807, 2.05) is 12.2 Å². The van der Waals surface area contributed by atoms with Gasteiger partial charge in [-0.2, -0.15) is 0 Å². The molecule has 0 atom stereocenters. The van der Waals surface area contributed by atoms with Crippen LogP contribution in [0.3, 0.4) is 0 Å². The Balaban J connectivity index is 2.48. The van der Waals surface area contributed by atoms with Crippen molar-refractivity contribution in [3.05, 3.63) is 36.6 Å². The van der Waals surface area contributed by atoms with Crippen molar-refractivity contribution in [2.24, 2.45) is 0 Å². The van der Waals surface area contributed by atoms with Crippen molar-refractivity contribution in [2.75, 3.05) is 6.54 Å². The summed E-state index contributed by atoms with van der Waals surface area (Å²) >= 11 is 0. The predicted octanol–water partition coefficient (Wildman–Crippen LogP) is 2.00. The molecule has 0 aliphatic carbocycles. The molecule has 54 valence electrons. The van der Waals surface area contributed by atoms with Gasteiger partial charge < -0.3 is 5.32 Å². The molecule has 1 aliphatic heterocycles. The van der Waals surface area contributed by atoms with Crippen LogP contribution in [0.25, 0.3) is 0 Å². The van der Waals surface area contributed by atoms with Crippen molar-refractivity contribution >= 4 is 0 Å². The van der Waals surface area contributed by atoms with Crippen molar-refractivity contribution in [1.29, 1.82) is 0 Å². The van der Waals surface area contributed by atoms with Gasteiger partial charge in [-0.05, 0) is 18.9 Å². The summed E-state index contributed by atoms with van der Waals surface area (Å²) in [5.41, 5.74) is 1.01. The SMILES string of the molecule is C=C1/C=C\C=C/CCCN1. The molecule has 1 N–H and O–H groups in total. The lowest BCUT2D eigenvalue weighted by molar-refractivity contribution is 0.749. The van der Waals surface area contributed by atoms with Crippen LogP contribution >= 0.6 is 0 Å². The number of hydrogen-bond donors (Lipinski definition) is 1. The topological polar surface area (TPSA) is 12.0 Å². The van der Waals surface area contributed by atoms with Crippen LogP contribution in [-0.4, -0.2) is 6.54 Å². The lowest BCUT2D eigenvalue weighted by Gasteiger charge is -2.01. The van der Waals surface area contributed by atoms with Crippen LogP contribution in [0.4, 0.5) is 0 Å². The van der Waals surface area contributed by atoms with Crippen molar-refractivity contribution in [3.8, 4) is 0 Å². The van der Waals surface area contributed by atoms with Crippen LogP contribution in [0.1, 0.15) is 12.8 Å². The van der Waals surface area contributed by atoms with Crippen molar-refractivity contribution < 1.29 is 0 Å². The predicted molar refractivity (Wildman–Crippen MR) is 44.7 cm³/mol. The van der Waals surface area contributed by atoms with Gasteiger partial charge in [0.1, 0.15) is 0 Å². The highest BCUT2D eigenvalue weighted by Crippen LogP contribution is 1.96. The molecular weight excluding hydrogens is 122 g/mol. The minimum Gasteiger partial charge on any atom is -0.386 e. The van der Waals surface area contributed by atoms with Crippen molar-refractivity contribution in [2.45, 2.75) is 12.8 Å². The van der Waals surface area contributed by atoms with Gasteiger partial charge in [-0.15, -0.1) is 0 Å². The van der Waals surface area contributed by atoms with E-state index in [1.54, 1.807) is 0 Å². The maximum atomic E-state index is 3.83. The average Bonchev–Trinajstić information content (AvgIpc) is 2.02. The first-order valence-corrected chi connectivity index (χ1v) is 3.65. The first-order chi connectivity index (χ1) is 4.89. The van der Waals surface area contributed by atoms with Crippen molar-refractivity contribution in [3.63, 3.8) is 0 Å². The van der Waals surface area contributed by atoms with E-state index >= 15 is 0 Å². The first kappa shape index (κ1) is 7.13. The summed E-state index contributed by atoms with van der Waals surface area (Å²) in [4.78, 5) is 0. The zero-order valence-electron chi connectivity index (χ0n) is 6.14. The summed E-state index contributed by atoms with van der Waals surface area (Å²) in [6, 6.07) is 0. The smallest absolute Gasteiger partial charge is 0.0267 e. The van der Waals surface area contributed by atoms with Gasteiger partial charge in [0.05, 0.1) is 0 Å². The fourth-order valence-electron chi connectivity index (χ4n) is 0.874. The normalized spacial score (nSPS) is 25.4. The van der Waals surface area contributed by atoms with Crippen LogP contribution in [0.5, 0.6) is 0 Å². The second-order valence-electron chi connectivity index (χ2n) is 2.38. The molecule has 0 fully saturated rings. The Morgan fingerprint density at radius 1 is 1.40 bits per heavy atom. The lowest BCUT2D eigenvalue weighted by atomic mass is 10.3. The van der Waals surface area contributed by atoms with E-state index in [-0.39, 0.29) is 0 Å². The first-order valence-electron chi connectivity index (χ1n) is 3.65.